The predicted octanol–water partition coefficient (Wildman–Crippen LogP) is 6.05. The van der Waals surface area contributed by atoms with Crippen LogP contribution in [-0.4, -0.2) is 57.2 Å². The van der Waals surface area contributed by atoms with E-state index in [2.05, 4.69) is 5.32 Å². The molecule has 1 aromatic rings. The number of Topliss-reactive ketones (excluding diaryl/α,β-unsaturated/α-hetero) is 1. The monoisotopic (exact) mass is 579 g/mol. The number of nitrogens with one attached hydrogen (secondary N) is 1. The minimum Gasteiger partial charge on any atom is -0.481 e. The highest BCUT2D eigenvalue weighted by Gasteiger charge is 2.22. The Morgan fingerprint density at radius 3 is 1.98 bits per heavy atom. The number of ketones is 1. The molecular weight excluding hydrogens is 534 g/mol. The van der Waals surface area contributed by atoms with E-state index >= 15 is 0 Å². The van der Waals surface area contributed by atoms with Gasteiger partial charge in [0.1, 0.15) is 5.78 Å². The van der Waals surface area contributed by atoms with Crippen LogP contribution in [0.3, 0.4) is 0 Å². The second-order valence-corrected chi connectivity index (χ2v) is 11.5. The van der Waals surface area contributed by atoms with E-state index in [0.717, 1.165) is 55.6 Å². The van der Waals surface area contributed by atoms with Gasteiger partial charge < -0.3 is 20.6 Å². The van der Waals surface area contributed by atoms with E-state index in [0.29, 0.717) is 37.8 Å². The summed E-state index contributed by atoms with van der Waals surface area (Å²) >= 11 is 1.72. The maximum absolute atomic E-state index is 12.3. The zero-order valence-electron chi connectivity index (χ0n) is 23.6. The van der Waals surface area contributed by atoms with Gasteiger partial charge in [-0.1, -0.05) is 45.4 Å². The lowest BCUT2D eigenvalue weighted by molar-refractivity contribution is -0.144. The Bertz CT molecular complexity index is 934. The summed E-state index contributed by atoms with van der Waals surface area (Å²) in [7, 11) is 0. The van der Waals surface area contributed by atoms with Crippen LogP contribution in [0.15, 0.2) is 29.2 Å². The molecule has 1 amide bonds. The van der Waals surface area contributed by atoms with E-state index < -0.39 is 29.7 Å². The number of benzene rings is 1. The molecule has 0 fully saturated rings. The third-order valence-electron chi connectivity index (χ3n) is 6.82. The fraction of sp³-hybridized carbons (Fsp3) is 0.633. The van der Waals surface area contributed by atoms with Crippen molar-refractivity contribution in [1.29, 1.82) is 0 Å². The lowest BCUT2D eigenvalue weighted by Gasteiger charge is -2.12. The van der Waals surface area contributed by atoms with Crippen molar-refractivity contribution in [2.75, 3.05) is 12.3 Å². The first kappa shape index (κ1) is 35.1. The zero-order chi connectivity index (χ0) is 29.8. The van der Waals surface area contributed by atoms with Crippen LogP contribution in [0, 0.1) is 11.8 Å². The molecule has 0 saturated heterocycles. The second kappa shape index (κ2) is 20.9. The van der Waals surface area contributed by atoms with Gasteiger partial charge in [0.05, 0.1) is 17.4 Å². The van der Waals surface area contributed by atoms with Crippen LogP contribution in [0.25, 0.3) is 0 Å². The minimum atomic E-state index is -1.06. The van der Waals surface area contributed by atoms with Crippen molar-refractivity contribution in [2.45, 2.75) is 102 Å². The quantitative estimate of drug-likeness (QED) is 0.0845. The van der Waals surface area contributed by atoms with E-state index in [1.165, 1.54) is 0 Å². The molecule has 1 aromatic carbocycles. The Hall–Kier alpha value is -2.88. The van der Waals surface area contributed by atoms with Crippen LogP contribution in [0.2, 0.25) is 0 Å². The smallest absolute Gasteiger partial charge is 0.335 e. The Labute approximate surface area is 241 Å². The first-order valence-electron chi connectivity index (χ1n) is 14.3. The number of thioether (sulfide) groups is 1. The third-order valence-corrected chi connectivity index (χ3v) is 7.92. The highest BCUT2D eigenvalue weighted by molar-refractivity contribution is 7.99. The minimum absolute atomic E-state index is 0.0469. The van der Waals surface area contributed by atoms with Gasteiger partial charge >= 0.3 is 17.9 Å². The standard InChI is InChI=1S/C30H45NO8S/c1-22(28(34)35)11-8-9-19-31-27(33)18-15-24(30(38)39)21-25(32)12-7-5-3-2-4-6-10-20-40-26-16-13-23(14-17-26)29(36)37/h13-14,16-17,22,24H,2-12,15,18-21H2,1H3,(H,31,33)(H,34,35)(H,36,37)(H,38,39)/t22-,24+/m0/s1. The molecule has 224 valence electrons. The molecule has 2 atom stereocenters. The largest absolute Gasteiger partial charge is 0.481 e. The Morgan fingerprint density at radius 1 is 0.750 bits per heavy atom. The molecule has 4 N–H and O–H groups in total. The Kier molecular flexibility index (Phi) is 18.4. The summed E-state index contributed by atoms with van der Waals surface area (Å²) in [6.07, 6.45) is 9.52. The average molecular weight is 580 g/mol. The zero-order valence-corrected chi connectivity index (χ0v) is 24.4. The first-order valence-corrected chi connectivity index (χ1v) is 15.3. The Balaban J connectivity index is 2.06. The lowest BCUT2D eigenvalue weighted by Crippen LogP contribution is -2.26. The lowest BCUT2D eigenvalue weighted by atomic mass is 9.94. The van der Waals surface area contributed by atoms with Gasteiger partial charge in [-0.25, -0.2) is 4.79 Å². The van der Waals surface area contributed by atoms with Crippen LogP contribution in [0.1, 0.15) is 107 Å². The summed E-state index contributed by atoms with van der Waals surface area (Å²) in [5.41, 5.74) is 0.294. The van der Waals surface area contributed by atoms with Crippen molar-refractivity contribution in [3.63, 3.8) is 0 Å². The summed E-state index contributed by atoms with van der Waals surface area (Å²) < 4.78 is 0. The molecule has 0 unspecified atom stereocenters. The van der Waals surface area contributed by atoms with Crippen molar-refractivity contribution in [3.8, 4) is 0 Å². The van der Waals surface area contributed by atoms with Gasteiger partial charge in [-0.05, 0) is 62.1 Å². The normalized spacial score (nSPS) is 12.4. The van der Waals surface area contributed by atoms with Gasteiger partial charge in [-0.3, -0.25) is 19.2 Å². The van der Waals surface area contributed by atoms with E-state index in [4.69, 9.17) is 10.2 Å². The van der Waals surface area contributed by atoms with Crippen molar-refractivity contribution in [1.82, 2.24) is 5.32 Å². The maximum atomic E-state index is 12.3. The Morgan fingerprint density at radius 2 is 1.38 bits per heavy atom. The molecule has 9 nitrogen and oxygen atoms in total. The molecule has 40 heavy (non-hydrogen) atoms. The molecule has 10 heteroatoms. The van der Waals surface area contributed by atoms with Gasteiger partial charge in [-0.2, -0.15) is 0 Å². The number of rotatable bonds is 24. The van der Waals surface area contributed by atoms with Gasteiger partial charge in [0.2, 0.25) is 5.91 Å². The van der Waals surface area contributed by atoms with Gasteiger partial charge in [0, 0.05) is 30.7 Å². The molecule has 0 heterocycles. The van der Waals surface area contributed by atoms with E-state index in [1.54, 1.807) is 30.8 Å². The van der Waals surface area contributed by atoms with Crippen LogP contribution in [-0.2, 0) is 19.2 Å². The molecule has 0 aliphatic rings. The van der Waals surface area contributed by atoms with E-state index in [9.17, 15) is 29.1 Å². The number of carbonyl (C=O) groups is 5. The van der Waals surface area contributed by atoms with E-state index in [-0.39, 0.29) is 31.0 Å². The molecule has 0 aliphatic carbocycles. The van der Waals surface area contributed by atoms with Crippen molar-refractivity contribution >= 4 is 41.4 Å². The summed E-state index contributed by atoms with van der Waals surface area (Å²) in [4.78, 5) is 58.6. The molecule has 0 aliphatic heterocycles. The van der Waals surface area contributed by atoms with Crippen LogP contribution in [0.4, 0.5) is 0 Å². The second-order valence-electron chi connectivity index (χ2n) is 10.3. The number of carbonyl (C=O) groups excluding carboxylic acids is 2. The average Bonchev–Trinajstić information content (AvgIpc) is 2.91. The molecule has 0 spiro atoms. The fourth-order valence-corrected chi connectivity index (χ4v) is 5.11. The number of unbranched alkanes of at least 4 members (excludes halogenated alkanes) is 7. The summed E-state index contributed by atoms with van der Waals surface area (Å²) in [6.45, 7) is 2.07. The number of amides is 1. The third kappa shape index (κ3) is 16.9. The van der Waals surface area contributed by atoms with Crippen molar-refractivity contribution in [2.24, 2.45) is 11.8 Å². The topological polar surface area (TPSA) is 158 Å². The molecular formula is C30H45NO8S. The molecule has 1 rings (SSSR count). The van der Waals surface area contributed by atoms with E-state index in [1.807, 2.05) is 12.1 Å². The summed E-state index contributed by atoms with van der Waals surface area (Å²) in [5.74, 6) is -3.42. The van der Waals surface area contributed by atoms with Gasteiger partial charge in [0.25, 0.3) is 0 Å². The van der Waals surface area contributed by atoms with Crippen LogP contribution in [0.5, 0.6) is 0 Å². The molecule has 0 saturated carbocycles. The summed E-state index contributed by atoms with van der Waals surface area (Å²) in [5, 5.41) is 30.0. The summed E-state index contributed by atoms with van der Waals surface area (Å²) in [6, 6.07) is 6.91. The number of hydrogen-bond acceptors (Lipinski definition) is 6. The van der Waals surface area contributed by atoms with Gasteiger partial charge in [0.15, 0.2) is 0 Å². The first-order chi connectivity index (χ1) is 19.1. The predicted molar refractivity (Wildman–Crippen MR) is 155 cm³/mol. The molecule has 0 aromatic heterocycles. The highest BCUT2D eigenvalue weighted by atomic mass is 32.2. The highest BCUT2D eigenvalue weighted by Crippen LogP contribution is 2.21. The van der Waals surface area contributed by atoms with Crippen molar-refractivity contribution < 1.29 is 39.3 Å². The number of aromatic carboxylic acids is 1. The molecule has 0 radical (unpaired) electrons. The number of aliphatic carboxylic acids is 2. The SMILES string of the molecule is C[C@@H](CCCCNC(=O)CC[C@H](CC(=O)CCCCCCCCCSc1ccc(C(=O)O)cc1)C(=O)O)C(=O)O. The van der Waals surface area contributed by atoms with Crippen molar-refractivity contribution in [3.05, 3.63) is 29.8 Å². The number of hydrogen-bond donors (Lipinski definition) is 4. The van der Waals surface area contributed by atoms with Gasteiger partial charge in [-0.15, -0.1) is 11.8 Å². The number of carboxylic acids is 3. The maximum Gasteiger partial charge on any atom is 0.335 e. The molecule has 0 bridgehead atoms. The van der Waals surface area contributed by atoms with Crippen LogP contribution >= 0.6 is 11.8 Å². The number of carboxylic acid groups (broad SMARTS) is 3. The fourth-order valence-electron chi connectivity index (χ4n) is 4.20. The van der Waals surface area contributed by atoms with Crippen LogP contribution < -0.4 is 5.32 Å².